The molecule has 134 valence electrons. The molecule has 4 nitrogen and oxygen atoms in total. The van der Waals surface area contributed by atoms with Crippen molar-refractivity contribution < 1.29 is 14.3 Å². The van der Waals surface area contributed by atoms with Gasteiger partial charge in [-0.3, -0.25) is 4.79 Å². The molecule has 0 aliphatic heterocycles. The number of carbonyl (C=O) groups is 1. The number of benzene rings is 3. The van der Waals surface area contributed by atoms with Crippen molar-refractivity contribution >= 4 is 16.7 Å². The Morgan fingerprint density at radius 3 is 2.35 bits per heavy atom. The summed E-state index contributed by atoms with van der Waals surface area (Å²) in [6.07, 6.45) is 0. The van der Waals surface area contributed by atoms with Crippen molar-refractivity contribution in [2.24, 2.45) is 0 Å². The molecule has 0 spiro atoms. The van der Waals surface area contributed by atoms with Crippen molar-refractivity contribution in [2.45, 2.75) is 19.9 Å². The minimum absolute atomic E-state index is 0.0940. The smallest absolute Gasteiger partial charge is 0.252 e. The zero-order valence-electron chi connectivity index (χ0n) is 15.5. The Bertz CT molecular complexity index is 944. The summed E-state index contributed by atoms with van der Waals surface area (Å²) >= 11 is 0. The number of amides is 1. The van der Waals surface area contributed by atoms with Gasteiger partial charge in [-0.1, -0.05) is 36.4 Å². The topological polar surface area (TPSA) is 47.6 Å². The summed E-state index contributed by atoms with van der Waals surface area (Å²) in [6.45, 7) is 3.97. The Labute approximate surface area is 153 Å². The van der Waals surface area contributed by atoms with E-state index in [1.807, 2.05) is 68.4 Å². The van der Waals surface area contributed by atoms with Crippen LogP contribution in [0.5, 0.6) is 11.5 Å². The first kappa shape index (κ1) is 17.8. The van der Waals surface area contributed by atoms with Crippen molar-refractivity contribution in [3.8, 4) is 11.5 Å². The normalized spacial score (nSPS) is 11.8. The third-order valence-corrected chi connectivity index (χ3v) is 4.62. The van der Waals surface area contributed by atoms with E-state index >= 15 is 0 Å². The summed E-state index contributed by atoms with van der Waals surface area (Å²) in [4.78, 5) is 12.9. The number of ether oxygens (including phenoxy) is 2. The van der Waals surface area contributed by atoms with E-state index in [1.165, 1.54) is 0 Å². The third-order valence-electron chi connectivity index (χ3n) is 4.62. The van der Waals surface area contributed by atoms with Gasteiger partial charge in [-0.15, -0.1) is 0 Å². The Hall–Kier alpha value is -3.01. The van der Waals surface area contributed by atoms with Gasteiger partial charge < -0.3 is 14.8 Å². The Morgan fingerprint density at radius 2 is 1.62 bits per heavy atom. The molecule has 0 aromatic heterocycles. The van der Waals surface area contributed by atoms with Crippen LogP contribution in [0.4, 0.5) is 0 Å². The van der Waals surface area contributed by atoms with E-state index in [-0.39, 0.29) is 11.9 Å². The number of hydrogen-bond donors (Lipinski definition) is 1. The highest BCUT2D eigenvalue weighted by molar-refractivity contribution is 6.07. The lowest BCUT2D eigenvalue weighted by Gasteiger charge is -2.19. The third kappa shape index (κ3) is 3.36. The average Bonchev–Trinajstić information content (AvgIpc) is 2.66. The van der Waals surface area contributed by atoms with E-state index in [4.69, 9.17) is 9.47 Å². The monoisotopic (exact) mass is 349 g/mol. The van der Waals surface area contributed by atoms with Crippen molar-refractivity contribution in [3.05, 3.63) is 71.3 Å². The molecule has 3 rings (SSSR count). The molecule has 0 bridgehead atoms. The molecule has 1 unspecified atom stereocenters. The summed E-state index contributed by atoms with van der Waals surface area (Å²) < 4.78 is 10.7. The molecule has 0 saturated carbocycles. The standard InChI is InChI=1S/C22H23NO3/c1-14-12-20(25-3)21(26-4)13-19(14)15(2)23-22(24)18-11-7-9-16-8-5-6-10-17(16)18/h5-13,15H,1-4H3,(H,23,24). The highest BCUT2D eigenvalue weighted by Crippen LogP contribution is 2.33. The number of carbonyl (C=O) groups excluding carboxylic acids is 1. The first-order chi connectivity index (χ1) is 12.5. The first-order valence-electron chi connectivity index (χ1n) is 8.56. The van der Waals surface area contributed by atoms with Gasteiger partial charge in [0.15, 0.2) is 11.5 Å². The van der Waals surface area contributed by atoms with Crippen LogP contribution in [-0.2, 0) is 0 Å². The van der Waals surface area contributed by atoms with Crippen molar-refractivity contribution in [2.75, 3.05) is 14.2 Å². The molecule has 0 heterocycles. The van der Waals surface area contributed by atoms with Gasteiger partial charge in [-0.2, -0.15) is 0 Å². The van der Waals surface area contributed by atoms with E-state index < -0.39 is 0 Å². The van der Waals surface area contributed by atoms with Crippen molar-refractivity contribution in [1.29, 1.82) is 0 Å². The molecule has 1 atom stereocenters. The van der Waals surface area contributed by atoms with Crippen molar-refractivity contribution in [1.82, 2.24) is 5.32 Å². The maximum Gasteiger partial charge on any atom is 0.252 e. The molecule has 0 saturated heterocycles. The quantitative estimate of drug-likeness (QED) is 0.729. The number of hydrogen-bond acceptors (Lipinski definition) is 3. The van der Waals surface area contributed by atoms with E-state index in [0.717, 1.165) is 21.9 Å². The SMILES string of the molecule is COc1cc(C)c(C(C)NC(=O)c2cccc3ccccc23)cc1OC. The predicted molar refractivity (Wildman–Crippen MR) is 104 cm³/mol. The molecule has 0 aliphatic carbocycles. The summed E-state index contributed by atoms with van der Waals surface area (Å²) in [5.74, 6) is 1.24. The predicted octanol–water partition coefficient (Wildman–Crippen LogP) is 4.66. The fourth-order valence-corrected chi connectivity index (χ4v) is 3.24. The van der Waals surface area contributed by atoms with Gasteiger partial charge in [0.2, 0.25) is 0 Å². The molecule has 0 fully saturated rings. The second-order valence-electron chi connectivity index (χ2n) is 6.29. The van der Waals surface area contributed by atoms with Crippen molar-refractivity contribution in [3.63, 3.8) is 0 Å². The van der Waals surface area contributed by atoms with E-state index in [2.05, 4.69) is 5.32 Å². The maximum atomic E-state index is 12.9. The van der Waals surface area contributed by atoms with E-state index in [9.17, 15) is 4.79 Å². The molecule has 3 aromatic carbocycles. The zero-order valence-corrected chi connectivity index (χ0v) is 15.5. The van der Waals surface area contributed by atoms with Crippen LogP contribution in [0.25, 0.3) is 10.8 Å². The fraction of sp³-hybridized carbons (Fsp3) is 0.227. The van der Waals surface area contributed by atoms with Crippen LogP contribution >= 0.6 is 0 Å². The van der Waals surface area contributed by atoms with Gasteiger partial charge in [0, 0.05) is 5.56 Å². The second kappa shape index (κ2) is 7.48. The van der Waals surface area contributed by atoms with Gasteiger partial charge in [0.1, 0.15) is 0 Å². The van der Waals surface area contributed by atoms with Crippen LogP contribution in [0.15, 0.2) is 54.6 Å². The summed E-state index contributed by atoms with van der Waals surface area (Å²) in [5, 5.41) is 5.10. The number of methoxy groups -OCH3 is 2. The molecule has 0 aliphatic rings. The average molecular weight is 349 g/mol. The van der Waals surface area contributed by atoms with E-state index in [1.54, 1.807) is 14.2 Å². The Balaban J connectivity index is 1.90. The van der Waals surface area contributed by atoms with Crippen LogP contribution in [0.3, 0.4) is 0 Å². The fourth-order valence-electron chi connectivity index (χ4n) is 3.24. The largest absolute Gasteiger partial charge is 0.493 e. The number of nitrogens with one attached hydrogen (secondary N) is 1. The molecule has 1 N–H and O–H groups in total. The lowest BCUT2D eigenvalue weighted by molar-refractivity contribution is 0.0941. The van der Waals surface area contributed by atoms with E-state index in [0.29, 0.717) is 17.1 Å². The molecule has 1 amide bonds. The number of aryl methyl sites for hydroxylation is 1. The molecule has 0 radical (unpaired) electrons. The Morgan fingerprint density at radius 1 is 0.962 bits per heavy atom. The second-order valence-corrected chi connectivity index (χ2v) is 6.29. The van der Waals surface area contributed by atoms with Crippen LogP contribution in [0.1, 0.15) is 34.5 Å². The number of fused-ring (bicyclic) bond motifs is 1. The van der Waals surface area contributed by atoms with Gasteiger partial charge in [0.25, 0.3) is 5.91 Å². The number of rotatable bonds is 5. The van der Waals surface area contributed by atoms with Crippen LogP contribution in [0, 0.1) is 6.92 Å². The highest BCUT2D eigenvalue weighted by Gasteiger charge is 2.17. The Kier molecular flexibility index (Phi) is 5.12. The van der Waals surface area contributed by atoms with Crippen LogP contribution < -0.4 is 14.8 Å². The van der Waals surface area contributed by atoms with Gasteiger partial charge in [-0.25, -0.2) is 0 Å². The maximum absolute atomic E-state index is 12.9. The van der Waals surface area contributed by atoms with Gasteiger partial charge in [0.05, 0.1) is 20.3 Å². The molecular formula is C22H23NO3. The zero-order chi connectivity index (χ0) is 18.7. The van der Waals surface area contributed by atoms with Crippen LogP contribution in [0.2, 0.25) is 0 Å². The van der Waals surface area contributed by atoms with Gasteiger partial charge in [-0.05, 0) is 53.9 Å². The van der Waals surface area contributed by atoms with Crippen LogP contribution in [-0.4, -0.2) is 20.1 Å². The molecule has 26 heavy (non-hydrogen) atoms. The summed E-state index contributed by atoms with van der Waals surface area (Å²) in [5.41, 5.74) is 2.71. The molecule has 3 aromatic rings. The minimum atomic E-state index is -0.165. The minimum Gasteiger partial charge on any atom is -0.493 e. The highest BCUT2D eigenvalue weighted by atomic mass is 16.5. The molecule has 4 heteroatoms. The van der Waals surface area contributed by atoms with Gasteiger partial charge >= 0.3 is 0 Å². The lowest BCUT2D eigenvalue weighted by atomic mass is 10.00. The molecular weight excluding hydrogens is 326 g/mol. The first-order valence-corrected chi connectivity index (χ1v) is 8.56. The lowest BCUT2D eigenvalue weighted by Crippen LogP contribution is -2.27. The summed E-state index contributed by atoms with van der Waals surface area (Å²) in [7, 11) is 3.22. The summed E-state index contributed by atoms with van der Waals surface area (Å²) in [6, 6.07) is 17.3.